The average molecular weight is 277 g/mol. The van der Waals surface area contributed by atoms with Crippen molar-refractivity contribution in [1.82, 2.24) is 0 Å². The number of benzene rings is 1. The standard InChI is InChI=1S/C15H23N3O2/c1-10(2)20-6-4-3-5-17-14-9-13-11(7-12(14)16)8-15(19)18-13/h7,9-10,17H,3-6,8,16H2,1-2H3,(H,18,19). The van der Waals surface area contributed by atoms with Gasteiger partial charge in [0.05, 0.1) is 23.9 Å². The van der Waals surface area contributed by atoms with Crippen LogP contribution in [0.15, 0.2) is 12.1 Å². The molecule has 0 unspecified atom stereocenters. The van der Waals surface area contributed by atoms with Crippen molar-refractivity contribution in [3.05, 3.63) is 17.7 Å². The maximum absolute atomic E-state index is 11.3. The zero-order valence-electron chi connectivity index (χ0n) is 12.2. The van der Waals surface area contributed by atoms with Crippen LogP contribution in [0.25, 0.3) is 0 Å². The third-order valence-corrected chi connectivity index (χ3v) is 3.24. The summed E-state index contributed by atoms with van der Waals surface area (Å²) in [6.45, 7) is 5.71. The molecule has 110 valence electrons. The zero-order valence-corrected chi connectivity index (χ0v) is 12.2. The molecule has 1 heterocycles. The Morgan fingerprint density at radius 3 is 2.95 bits per heavy atom. The largest absolute Gasteiger partial charge is 0.397 e. The summed E-state index contributed by atoms with van der Waals surface area (Å²) >= 11 is 0. The maximum Gasteiger partial charge on any atom is 0.228 e. The minimum Gasteiger partial charge on any atom is -0.397 e. The van der Waals surface area contributed by atoms with E-state index >= 15 is 0 Å². The van der Waals surface area contributed by atoms with Crippen LogP contribution in [0, 0.1) is 0 Å². The van der Waals surface area contributed by atoms with Gasteiger partial charge < -0.3 is 21.1 Å². The van der Waals surface area contributed by atoms with Crippen molar-refractivity contribution < 1.29 is 9.53 Å². The van der Waals surface area contributed by atoms with E-state index in [0.29, 0.717) is 18.2 Å². The Kier molecular flexibility index (Phi) is 4.84. The Bertz CT molecular complexity index is 486. The van der Waals surface area contributed by atoms with Gasteiger partial charge in [0, 0.05) is 18.8 Å². The number of amides is 1. The minimum atomic E-state index is 0.0300. The highest BCUT2D eigenvalue weighted by Crippen LogP contribution is 2.31. The number of fused-ring (bicyclic) bond motifs is 1. The lowest BCUT2D eigenvalue weighted by Crippen LogP contribution is -2.08. The number of nitrogens with one attached hydrogen (secondary N) is 2. The topological polar surface area (TPSA) is 76.4 Å². The van der Waals surface area contributed by atoms with Gasteiger partial charge >= 0.3 is 0 Å². The summed E-state index contributed by atoms with van der Waals surface area (Å²) in [6.07, 6.45) is 2.76. The number of nitrogen functional groups attached to an aromatic ring is 1. The quantitative estimate of drug-likeness (QED) is 0.528. The smallest absolute Gasteiger partial charge is 0.228 e. The Morgan fingerprint density at radius 1 is 1.40 bits per heavy atom. The first-order chi connectivity index (χ1) is 9.56. The number of anilines is 3. The summed E-state index contributed by atoms with van der Waals surface area (Å²) in [6, 6.07) is 3.79. The van der Waals surface area contributed by atoms with Crippen molar-refractivity contribution in [1.29, 1.82) is 0 Å². The van der Waals surface area contributed by atoms with E-state index in [9.17, 15) is 4.79 Å². The van der Waals surface area contributed by atoms with Gasteiger partial charge in [-0.1, -0.05) is 0 Å². The van der Waals surface area contributed by atoms with E-state index in [0.717, 1.165) is 42.9 Å². The highest BCUT2D eigenvalue weighted by Gasteiger charge is 2.19. The average Bonchev–Trinajstić information content (AvgIpc) is 2.72. The lowest BCUT2D eigenvalue weighted by Gasteiger charge is -2.12. The third kappa shape index (κ3) is 3.87. The molecule has 0 saturated heterocycles. The van der Waals surface area contributed by atoms with Crippen molar-refractivity contribution in [2.45, 2.75) is 39.2 Å². The predicted octanol–water partition coefficient (Wildman–Crippen LogP) is 2.38. The van der Waals surface area contributed by atoms with E-state index in [2.05, 4.69) is 10.6 Å². The van der Waals surface area contributed by atoms with E-state index in [1.165, 1.54) is 0 Å². The molecular formula is C15H23N3O2. The Balaban J connectivity index is 1.79. The van der Waals surface area contributed by atoms with Gasteiger partial charge in [-0.3, -0.25) is 4.79 Å². The fourth-order valence-electron chi connectivity index (χ4n) is 2.22. The number of nitrogens with two attached hydrogens (primary N) is 1. The number of ether oxygens (including phenoxy) is 1. The van der Waals surface area contributed by atoms with Gasteiger partial charge in [-0.15, -0.1) is 0 Å². The van der Waals surface area contributed by atoms with Crippen LogP contribution in [0.5, 0.6) is 0 Å². The maximum atomic E-state index is 11.3. The van der Waals surface area contributed by atoms with Gasteiger partial charge in [-0.2, -0.15) is 0 Å². The molecule has 0 bridgehead atoms. The van der Waals surface area contributed by atoms with Crippen LogP contribution in [0.4, 0.5) is 17.1 Å². The van der Waals surface area contributed by atoms with Crippen LogP contribution >= 0.6 is 0 Å². The molecule has 5 heteroatoms. The van der Waals surface area contributed by atoms with Gasteiger partial charge in [-0.05, 0) is 44.4 Å². The lowest BCUT2D eigenvalue weighted by atomic mass is 10.1. The van der Waals surface area contributed by atoms with E-state index in [-0.39, 0.29) is 5.91 Å². The van der Waals surface area contributed by atoms with Gasteiger partial charge in [0.25, 0.3) is 0 Å². The van der Waals surface area contributed by atoms with Gasteiger partial charge in [0.15, 0.2) is 0 Å². The van der Waals surface area contributed by atoms with Crippen LogP contribution in [0.3, 0.4) is 0 Å². The summed E-state index contributed by atoms with van der Waals surface area (Å²) in [5.74, 6) is 0.0300. The second kappa shape index (κ2) is 6.61. The molecule has 5 nitrogen and oxygen atoms in total. The normalized spacial score (nSPS) is 13.4. The molecule has 0 radical (unpaired) electrons. The fourth-order valence-corrected chi connectivity index (χ4v) is 2.22. The number of carbonyl (C=O) groups excluding carboxylic acids is 1. The van der Waals surface area contributed by atoms with Crippen LogP contribution < -0.4 is 16.4 Å². The molecule has 20 heavy (non-hydrogen) atoms. The Labute approximate surface area is 119 Å². The van der Waals surface area contributed by atoms with Gasteiger partial charge in [-0.25, -0.2) is 0 Å². The van der Waals surface area contributed by atoms with E-state index in [4.69, 9.17) is 10.5 Å². The second-order valence-electron chi connectivity index (χ2n) is 5.37. The summed E-state index contributed by atoms with van der Waals surface area (Å²) in [5.41, 5.74) is 9.42. The number of rotatable bonds is 7. The van der Waals surface area contributed by atoms with E-state index in [1.54, 1.807) is 0 Å². The molecule has 1 aromatic rings. The van der Waals surface area contributed by atoms with E-state index < -0.39 is 0 Å². The molecule has 0 saturated carbocycles. The van der Waals surface area contributed by atoms with Crippen molar-refractivity contribution in [3.8, 4) is 0 Å². The van der Waals surface area contributed by atoms with Gasteiger partial charge in [0.1, 0.15) is 0 Å². The molecule has 2 rings (SSSR count). The molecule has 0 aliphatic carbocycles. The molecule has 1 amide bonds. The molecule has 0 aromatic heterocycles. The first-order valence-electron chi connectivity index (χ1n) is 7.14. The number of hydrogen-bond donors (Lipinski definition) is 3. The van der Waals surface area contributed by atoms with Crippen LogP contribution in [-0.4, -0.2) is 25.2 Å². The summed E-state index contributed by atoms with van der Waals surface area (Å²) < 4.78 is 5.49. The number of carbonyl (C=O) groups is 1. The SMILES string of the molecule is CC(C)OCCCCNc1cc2c(cc1N)CC(=O)N2. The van der Waals surface area contributed by atoms with Gasteiger partial charge in [0.2, 0.25) is 5.91 Å². The van der Waals surface area contributed by atoms with E-state index in [1.807, 2.05) is 26.0 Å². The molecular weight excluding hydrogens is 254 g/mol. The molecule has 1 aliphatic rings. The van der Waals surface area contributed by atoms with Crippen molar-refractivity contribution in [2.24, 2.45) is 0 Å². The minimum absolute atomic E-state index is 0.0300. The highest BCUT2D eigenvalue weighted by atomic mass is 16.5. The highest BCUT2D eigenvalue weighted by molar-refractivity contribution is 6.00. The summed E-state index contributed by atoms with van der Waals surface area (Å²) in [7, 11) is 0. The van der Waals surface area contributed by atoms with Crippen molar-refractivity contribution in [3.63, 3.8) is 0 Å². The molecule has 1 aromatic carbocycles. The summed E-state index contributed by atoms with van der Waals surface area (Å²) in [5, 5.41) is 6.15. The van der Waals surface area contributed by atoms with Crippen molar-refractivity contribution in [2.75, 3.05) is 29.5 Å². The number of hydrogen-bond acceptors (Lipinski definition) is 4. The molecule has 0 fully saturated rings. The van der Waals surface area contributed by atoms with Crippen molar-refractivity contribution >= 4 is 23.0 Å². The first-order valence-corrected chi connectivity index (χ1v) is 7.14. The predicted molar refractivity (Wildman–Crippen MR) is 82.0 cm³/mol. The van der Waals surface area contributed by atoms with Crippen LogP contribution in [0.2, 0.25) is 0 Å². The molecule has 0 atom stereocenters. The fraction of sp³-hybridized carbons (Fsp3) is 0.533. The summed E-state index contributed by atoms with van der Waals surface area (Å²) in [4.78, 5) is 11.3. The molecule has 4 N–H and O–H groups in total. The van der Waals surface area contributed by atoms with Crippen LogP contribution in [-0.2, 0) is 16.0 Å². The third-order valence-electron chi connectivity index (χ3n) is 3.24. The monoisotopic (exact) mass is 277 g/mol. The number of unbranched alkanes of at least 4 members (excludes halogenated alkanes) is 1. The lowest BCUT2D eigenvalue weighted by molar-refractivity contribution is -0.115. The molecule has 0 spiro atoms. The Hall–Kier alpha value is -1.75. The zero-order chi connectivity index (χ0) is 14.5. The molecule has 1 aliphatic heterocycles. The van der Waals surface area contributed by atoms with Crippen LogP contribution in [0.1, 0.15) is 32.3 Å². The first kappa shape index (κ1) is 14.7. The second-order valence-corrected chi connectivity index (χ2v) is 5.37. The Morgan fingerprint density at radius 2 is 2.20 bits per heavy atom.